The van der Waals surface area contributed by atoms with Crippen LogP contribution in [-0.4, -0.2) is 12.5 Å². The first kappa shape index (κ1) is 14.2. The molecule has 94 valence electrons. The molecular weight excluding hydrogens is 285 g/mol. The Kier molecular flexibility index (Phi) is 5.62. The van der Waals surface area contributed by atoms with Gasteiger partial charge in [0.1, 0.15) is 5.82 Å². The third kappa shape index (κ3) is 4.11. The third-order valence-corrected chi connectivity index (χ3v) is 3.37. The van der Waals surface area contributed by atoms with Crippen LogP contribution in [-0.2, 0) is 0 Å². The summed E-state index contributed by atoms with van der Waals surface area (Å²) in [5.41, 5.74) is 0.0883. The minimum Gasteiger partial charge on any atom is -0.352 e. The molecule has 0 heterocycles. The summed E-state index contributed by atoms with van der Waals surface area (Å²) in [5, 5.41) is 2.77. The van der Waals surface area contributed by atoms with E-state index in [0.29, 0.717) is 16.9 Å². The average molecular weight is 302 g/mol. The van der Waals surface area contributed by atoms with Crippen LogP contribution in [0.3, 0.4) is 0 Å². The van der Waals surface area contributed by atoms with Crippen molar-refractivity contribution in [3.63, 3.8) is 0 Å². The molecule has 1 rings (SSSR count). The van der Waals surface area contributed by atoms with E-state index < -0.39 is 5.82 Å². The fourth-order valence-corrected chi connectivity index (χ4v) is 1.94. The maximum atomic E-state index is 13.4. The molecule has 2 nitrogen and oxygen atoms in total. The van der Waals surface area contributed by atoms with Gasteiger partial charge >= 0.3 is 0 Å². The van der Waals surface area contributed by atoms with Gasteiger partial charge in [-0.25, -0.2) is 4.39 Å². The van der Waals surface area contributed by atoms with Gasteiger partial charge in [-0.1, -0.05) is 42.6 Å². The van der Waals surface area contributed by atoms with E-state index in [4.69, 9.17) is 0 Å². The maximum absolute atomic E-state index is 13.4. The fourth-order valence-electron chi connectivity index (χ4n) is 1.58. The number of amides is 1. The van der Waals surface area contributed by atoms with Crippen LogP contribution in [0.25, 0.3) is 0 Å². The number of halogens is 2. The van der Waals surface area contributed by atoms with E-state index >= 15 is 0 Å². The van der Waals surface area contributed by atoms with E-state index in [1.54, 1.807) is 6.07 Å². The van der Waals surface area contributed by atoms with Crippen LogP contribution in [0.5, 0.6) is 0 Å². The summed E-state index contributed by atoms with van der Waals surface area (Å²) in [4.78, 5) is 11.8. The van der Waals surface area contributed by atoms with Gasteiger partial charge in [0.25, 0.3) is 5.91 Å². The third-order valence-electron chi connectivity index (χ3n) is 2.88. The molecule has 17 heavy (non-hydrogen) atoms. The summed E-state index contributed by atoms with van der Waals surface area (Å²) in [7, 11) is 0. The number of hydrogen-bond acceptors (Lipinski definition) is 1. The molecule has 0 radical (unpaired) electrons. The van der Waals surface area contributed by atoms with Crippen molar-refractivity contribution in [2.75, 3.05) is 6.54 Å². The highest BCUT2D eigenvalue weighted by atomic mass is 79.9. The lowest BCUT2D eigenvalue weighted by Gasteiger charge is -2.13. The molecule has 1 amide bonds. The van der Waals surface area contributed by atoms with Crippen molar-refractivity contribution in [2.24, 2.45) is 5.92 Å². The van der Waals surface area contributed by atoms with Crippen LogP contribution in [0.1, 0.15) is 37.0 Å². The summed E-state index contributed by atoms with van der Waals surface area (Å²) in [5.74, 6) is -0.389. The molecule has 4 heteroatoms. The van der Waals surface area contributed by atoms with Crippen LogP contribution in [0.15, 0.2) is 22.7 Å². The predicted octanol–water partition coefficient (Wildman–Crippen LogP) is 3.75. The van der Waals surface area contributed by atoms with Crippen LogP contribution >= 0.6 is 15.9 Å². The van der Waals surface area contributed by atoms with Gasteiger partial charge in [0.05, 0.1) is 5.56 Å². The van der Waals surface area contributed by atoms with E-state index in [1.165, 1.54) is 12.1 Å². The molecule has 0 aliphatic rings. The normalized spacial score (nSPS) is 10.6. The Morgan fingerprint density at radius 1 is 1.41 bits per heavy atom. The quantitative estimate of drug-likeness (QED) is 0.881. The van der Waals surface area contributed by atoms with Gasteiger partial charge in [0, 0.05) is 11.0 Å². The fraction of sp³-hybridized carbons (Fsp3) is 0.462. The van der Waals surface area contributed by atoms with E-state index in [2.05, 4.69) is 35.1 Å². The minimum atomic E-state index is -0.491. The molecule has 0 unspecified atom stereocenters. The molecule has 1 aromatic carbocycles. The van der Waals surface area contributed by atoms with Crippen LogP contribution in [0.2, 0.25) is 0 Å². The highest BCUT2D eigenvalue weighted by molar-refractivity contribution is 9.10. The Morgan fingerprint density at radius 2 is 2.06 bits per heavy atom. The summed E-state index contributed by atoms with van der Waals surface area (Å²) < 4.78 is 14.1. The molecule has 0 saturated heterocycles. The topological polar surface area (TPSA) is 29.1 Å². The molecule has 1 aromatic rings. The lowest BCUT2D eigenvalue weighted by molar-refractivity contribution is 0.0942. The molecule has 0 spiro atoms. The van der Waals surface area contributed by atoms with Gasteiger partial charge in [-0.05, 0) is 24.1 Å². The zero-order valence-corrected chi connectivity index (χ0v) is 11.7. The van der Waals surface area contributed by atoms with E-state index in [0.717, 1.165) is 12.8 Å². The molecule has 0 aliphatic heterocycles. The van der Waals surface area contributed by atoms with Crippen molar-refractivity contribution in [1.82, 2.24) is 5.32 Å². The van der Waals surface area contributed by atoms with Crippen LogP contribution in [0, 0.1) is 11.7 Å². The molecule has 0 saturated carbocycles. The Hall–Kier alpha value is -0.900. The lowest BCUT2D eigenvalue weighted by atomic mass is 10.0. The van der Waals surface area contributed by atoms with Crippen molar-refractivity contribution in [3.05, 3.63) is 34.1 Å². The highest BCUT2D eigenvalue weighted by Crippen LogP contribution is 2.15. The van der Waals surface area contributed by atoms with E-state index in [9.17, 15) is 9.18 Å². The van der Waals surface area contributed by atoms with Crippen LogP contribution in [0.4, 0.5) is 4.39 Å². The van der Waals surface area contributed by atoms with Gasteiger partial charge < -0.3 is 5.32 Å². The Balaban J connectivity index is 2.66. The molecule has 1 N–H and O–H groups in total. The summed E-state index contributed by atoms with van der Waals surface area (Å²) in [6, 6.07) is 4.36. The molecule has 0 fully saturated rings. The van der Waals surface area contributed by atoms with Gasteiger partial charge in [0.2, 0.25) is 0 Å². The van der Waals surface area contributed by atoms with Gasteiger partial charge in [-0.15, -0.1) is 0 Å². The minimum absolute atomic E-state index is 0.0883. The maximum Gasteiger partial charge on any atom is 0.254 e. The van der Waals surface area contributed by atoms with Crippen molar-refractivity contribution in [2.45, 2.75) is 26.7 Å². The zero-order chi connectivity index (χ0) is 12.8. The second-order valence-corrected chi connectivity index (χ2v) is 4.93. The van der Waals surface area contributed by atoms with Crippen LogP contribution < -0.4 is 5.32 Å². The average Bonchev–Trinajstić information content (AvgIpc) is 2.33. The van der Waals surface area contributed by atoms with Crippen molar-refractivity contribution in [1.29, 1.82) is 0 Å². The number of hydrogen-bond donors (Lipinski definition) is 1. The van der Waals surface area contributed by atoms with Gasteiger partial charge in [-0.2, -0.15) is 0 Å². The smallest absolute Gasteiger partial charge is 0.254 e. The van der Waals surface area contributed by atoms with Gasteiger partial charge in [-0.3, -0.25) is 4.79 Å². The van der Waals surface area contributed by atoms with Gasteiger partial charge in [0.15, 0.2) is 0 Å². The number of nitrogens with one attached hydrogen (secondary N) is 1. The molecule has 0 aromatic heterocycles. The lowest BCUT2D eigenvalue weighted by Crippen LogP contribution is -2.29. The summed E-state index contributed by atoms with van der Waals surface area (Å²) in [6.45, 7) is 4.76. The number of benzene rings is 1. The number of carbonyl (C=O) groups is 1. The number of rotatable bonds is 5. The highest BCUT2D eigenvalue weighted by Gasteiger charge is 2.13. The SMILES string of the molecule is CCC(CC)CNC(=O)c1cc(Br)ccc1F. The predicted molar refractivity (Wildman–Crippen MR) is 70.5 cm³/mol. The first-order valence-corrected chi connectivity index (χ1v) is 6.61. The summed E-state index contributed by atoms with van der Waals surface area (Å²) in [6.07, 6.45) is 2.02. The number of carbonyl (C=O) groups excluding carboxylic acids is 1. The van der Waals surface area contributed by atoms with Crippen molar-refractivity contribution < 1.29 is 9.18 Å². The first-order chi connectivity index (χ1) is 8.08. The molecular formula is C13H17BrFNO. The molecule has 0 bridgehead atoms. The summed E-state index contributed by atoms with van der Waals surface area (Å²) >= 11 is 3.23. The standard InChI is InChI=1S/C13H17BrFNO/c1-3-9(4-2)8-16-13(17)11-7-10(14)5-6-12(11)15/h5-7,9H,3-4,8H2,1-2H3,(H,16,17). The van der Waals surface area contributed by atoms with E-state index in [-0.39, 0.29) is 11.5 Å². The Labute approximate surface area is 110 Å². The van der Waals surface area contributed by atoms with E-state index in [1.807, 2.05) is 0 Å². The van der Waals surface area contributed by atoms with Crippen molar-refractivity contribution in [3.8, 4) is 0 Å². The largest absolute Gasteiger partial charge is 0.352 e. The Morgan fingerprint density at radius 3 is 2.65 bits per heavy atom. The second kappa shape index (κ2) is 6.74. The monoisotopic (exact) mass is 301 g/mol. The molecule has 0 atom stereocenters. The Bertz CT molecular complexity index is 391. The first-order valence-electron chi connectivity index (χ1n) is 5.81. The molecule has 0 aliphatic carbocycles. The zero-order valence-electron chi connectivity index (χ0n) is 10.1. The van der Waals surface area contributed by atoms with Crippen molar-refractivity contribution >= 4 is 21.8 Å². The second-order valence-electron chi connectivity index (χ2n) is 4.02.